The van der Waals surface area contributed by atoms with Gasteiger partial charge in [-0.2, -0.15) is 0 Å². The lowest BCUT2D eigenvalue weighted by Crippen LogP contribution is -2.21. The summed E-state index contributed by atoms with van der Waals surface area (Å²) in [5.41, 5.74) is 0.552. The molecule has 0 aliphatic heterocycles. The fraction of sp³-hybridized carbons (Fsp3) is 0.385. The molecular weight excluding hydrogens is 282 g/mol. The molecule has 7 heteroatoms. The first-order chi connectivity index (χ1) is 9.31. The number of hydrogen-bond donors (Lipinski definition) is 2. The van der Waals surface area contributed by atoms with Gasteiger partial charge in [-0.05, 0) is 24.1 Å². The molecule has 1 rings (SSSR count). The largest absolute Gasteiger partial charge is 0.478 e. The van der Waals surface area contributed by atoms with E-state index in [-0.39, 0.29) is 28.5 Å². The molecule has 0 atom stereocenters. The lowest BCUT2D eigenvalue weighted by Gasteiger charge is -2.08. The smallest absolute Gasteiger partial charge is 0.336 e. The second-order valence-electron chi connectivity index (χ2n) is 4.22. The Bertz CT molecular complexity index is 622. The minimum absolute atomic E-state index is 0.0199. The molecule has 0 aromatic heterocycles. The lowest BCUT2D eigenvalue weighted by atomic mass is 10.1. The summed E-state index contributed by atoms with van der Waals surface area (Å²) in [6.45, 7) is 1.79. The molecule has 2 N–H and O–H groups in total. The average molecular weight is 299 g/mol. The first kappa shape index (κ1) is 16.2. The van der Waals surface area contributed by atoms with Crippen LogP contribution in [0.15, 0.2) is 23.1 Å². The van der Waals surface area contributed by atoms with Crippen molar-refractivity contribution in [3.8, 4) is 0 Å². The van der Waals surface area contributed by atoms with E-state index in [1.807, 2.05) is 0 Å². The Hall–Kier alpha value is -1.89. The van der Waals surface area contributed by atoms with Gasteiger partial charge in [-0.1, -0.05) is 13.0 Å². The number of carbonyl (C=O) groups is 2. The number of sulfone groups is 1. The minimum atomic E-state index is -3.67. The first-order valence-electron chi connectivity index (χ1n) is 6.11. The SMILES string of the molecule is CCc1ccc(S(=O)(=O)CCC(=O)NC)cc1C(=O)O. The van der Waals surface area contributed by atoms with E-state index in [1.165, 1.54) is 19.2 Å². The Morgan fingerprint density at radius 2 is 1.95 bits per heavy atom. The number of aryl methyl sites for hydroxylation is 1. The highest BCUT2D eigenvalue weighted by Gasteiger charge is 2.19. The molecule has 0 fully saturated rings. The number of nitrogens with one attached hydrogen (secondary N) is 1. The Morgan fingerprint density at radius 1 is 1.30 bits per heavy atom. The van der Waals surface area contributed by atoms with Crippen LogP contribution in [-0.4, -0.2) is 38.2 Å². The predicted octanol–water partition coefficient (Wildman–Crippen LogP) is 0.857. The fourth-order valence-corrected chi connectivity index (χ4v) is 2.99. The van der Waals surface area contributed by atoms with Gasteiger partial charge in [0.05, 0.1) is 16.2 Å². The third-order valence-corrected chi connectivity index (χ3v) is 4.64. The molecule has 0 aliphatic rings. The molecule has 0 radical (unpaired) electrons. The highest BCUT2D eigenvalue weighted by Crippen LogP contribution is 2.18. The van der Waals surface area contributed by atoms with Crippen LogP contribution in [0.25, 0.3) is 0 Å². The molecule has 0 saturated carbocycles. The maximum absolute atomic E-state index is 12.1. The number of aromatic carboxylic acids is 1. The number of amides is 1. The average Bonchev–Trinajstić information content (AvgIpc) is 2.43. The monoisotopic (exact) mass is 299 g/mol. The zero-order valence-corrected chi connectivity index (χ0v) is 12.2. The van der Waals surface area contributed by atoms with Crippen LogP contribution in [0.3, 0.4) is 0 Å². The summed E-state index contributed by atoms with van der Waals surface area (Å²) in [6.07, 6.45) is 0.344. The summed E-state index contributed by atoms with van der Waals surface area (Å²) in [7, 11) is -2.25. The topological polar surface area (TPSA) is 101 Å². The van der Waals surface area contributed by atoms with Crippen LogP contribution >= 0.6 is 0 Å². The van der Waals surface area contributed by atoms with Crippen molar-refractivity contribution in [2.75, 3.05) is 12.8 Å². The highest BCUT2D eigenvalue weighted by atomic mass is 32.2. The van der Waals surface area contributed by atoms with Crippen molar-refractivity contribution in [3.05, 3.63) is 29.3 Å². The molecule has 0 spiro atoms. The van der Waals surface area contributed by atoms with Crippen LogP contribution in [0.1, 0.15) is 29.3 Å². The van der Waals surface area contributed by atoms with Crippen molar-refractivity contribution < 1.29 is 23.1 Å². The lowest BCUT2D eigenvalue weighted by molar-refractivity contribution is -0.120. The first-order valence-corrected chi connectivity index (χ1v) is 7.76. The summed E-state index contributed by atoms with van der Waals surface area (Å²) in [4.78, 5) is 22.1. The standard InChI is InChI=1S/C13H17NO5S/c1-3-9-4-5-10(8-11(9)13(16)17)20(18,19)7-6-12(15)14-2/h4-5,8H,3,6-7H2,1-2H3,(H,14,15)(H,16,17). The summed E-state index contributed by atoms with van der Waals surface area (Å²) < 4.78 is 24.1. The second-order valence-corrected chi connectivity index (χ2v) is 6.33. The molecule has 1 aromatic carbocycles. The number of carboxylic acids is 1. The van der Waals surface area contributed by atoms with Crippen LogP contribution in [0.5, 0.6) is 0 Å². The fourth-order valence-electron chi connectivity index (χ4n) is 1.73. The van der Waals surface area contributed by atoms with E-state index in [0.29, 0.717) is 12.0 Å². The highest BCUT2D eigenvalue weighted by molar-refractivity contribution is 7.91. The molecule has 6 nitrogen and oxygen atoms in total. The Labute approximate surface area is 117 Å². The van der Waals surface area contributed by atoms with Crippen molar-refractivity contribution in [2.45, 2.75) is 24.7 Å². The zero-order valence-electron chi connectivity index (χ0n) is 11.3. The molecule has 110 valence electrons. The zero-order chi connectivity index (χ0) is 15.3. The molecule has 0 unspecified atom stereocenters. The van der Waals surface area contributed by atoms with Gasteiger partial charge in [-0.25, -0.2) is 13.2 Å². The van der Waals surface area contributed by atoms with Crippen molar-refractivity contribution in [1.82, 2.24) is 5.32 Å². The Kier molecular flexibility index (Phi) is 5.26. The van der Waals surface area contributed by atoms with E-state index >= 15 is 0 Å². The van der Waals surface area contributed by atoms with Gasteiger partial charge in [0.25, 0.3) is 0 Å². The molecular formula is C13H17NO5S. The second kappa shape index (κ2) is 6.51. The molecule has 1 aromatic rings. The molecule has 20 heavy (non-hydrogen) atoms. The number of carboxylic acid groups (broad SMARTS) is 1. The molecule has 0 saturated heterocycles. The van der Waals surface area contributed by atoms with Gasteiger partial charge in [0.15, 0.2) is 9.84 Å². The summed E-state index contributed by atoms with van der Waals surface area (Å²) >= 11 is 0. The minimum Gasteiger partial charge on any atom is -0.478 e. The van der Waals surface area contributed by atoms with Crippen LogP contribution < -0.4 is 5.32 Å². The quantitative estimate of drug-likeness (QED) is 0.811. The van der Waals surface area contributed by atoms with Crippen LogP contribution in [0, 0.1) is 0 Å². The van der Waals surface area contributed by atoms with E-state index in [1.54, 1.807) is 6.92 Å². The van der Waals surface area contributed by atoms with Gasteiger partial charge in [-0.15, -0.1) is 0 Å². The van der Waals surface area contributed by atoms with Crippen LogP contribution in [0.2, 0.25) is 0 Å². The Morgan fingerprint density at radius 3 is 2.45 bits per heavy atom. The van der Waals surface area contributed by atoms with Crippen LogP contribution in [0.4, 0.5) is 0 Å². The van der Waals surface area contributed by atoms with Gasteiger partial charge in [0.2, 0.25) is 5.91 Å². The molecule has 0 aliphatic carbocycles. The number of hydrogen-bond acceptors (Lipinski definition) is 4. The number of benzene rings is 1. The maximum Gasteiger partial charge on any atom is 0.336 e. The normalized spacial score (nSPS) is 11.1. The number of rotatable bonds is 6. The van der Waals surface area contributed by atoms with Gasteiger partial charge in [0.1, 0.15) is 0 Å². The maximum atomic E-state index is 12.1. The Balaban J connectivity index is 3.10. The van der Waals surface area contributed by atoms with E-state index in [9.17, 15) is 18.0 Å². The van der Waals surface area contributed by atoms with Gasteiger partial charge >= 0.3 is 5.97 Å². The van der Waals surface area contributed by atoms with Crippen molar-refractivity contribution in [3.63, 3.8) is 0 Å². The van der Waals surface area contributed by atoms with Gasteiger partial charge in [0, 0.05) is 13.5 Å². The van der Waals surface area contributed by atoms with Crippen molar-refractivity contribution >= 4 is 21.7 Å². The van der Waals surface area contributed by atoms with E-state index < -0.39 is 15.8 Å². The van der Waals surface area contributed by atoms with Gasteiger partial charge in [-0.3, -0.25) is 4.79 Å². The van der Waals surface area contributed by atoms with E-state index in [2.05, 4.69) is 5.32 Å². The summed E-state index contributed by atoms with van der Waals surface area (Å²) in [5.74, 6) is -1.89. The van der Waals surface area contributed by atoms with Gasteiger partial charge < -0.3 is 10.4 Å². The molecule has 1 amide bonds. The van der Waals surface area contributed by atoms with E-state index in [4.69, 9.17) is 5.11 Å². The third kappa shape index (κ3) is 3.80. The summed E-state index contributed by atoms with van der Waals surface area (Å²) in [6, 6.07) is 4.03. The summed E-state index contributed by atoms with van der Waals surface area (Å²) in [5, 5.41) is 11.4. The molecule has 0 bridgehead atoms. The van der Waals surface area contributed by atoms with Crippen LogP contribution in [-0.2, 0) is 21.1 Å². The van der Waals surface area contributed by atoms with Crippen molar-refractivity contribution in [2.24, 2.45) is 0 Å². The van der Waals surface area contributed by atoms with Crippen molar-refractivity contribution in [1.29, 1.82) is 0 Å². The third-order valence-electron chi connectivity index (χ3n) is 2.93. The van der Waals surface area contributed by atoms with E-state index in [0.717, 1.165) is 6.07 Å². The number of carbonyl (C=O) groups excluding carboxylic acids is 1. The molecule has 0 heterocycles. The predicted molar refractivity (Wildman–Crippen MR) is 73.5 cm³/mol.